The van der Waals surface area contributed by atoms with Crippen molar-refractivity contribution in [3.05, 3.63) is 29.6 Å². The molecule has 2 N–H and O–H groups in total. The minimum Gasteiger partial charge on any atom is -0.396 e. The van der Waals surface area contributed by atoms with Gasteiger partial charge in [-0.05, 0) is 43.4 Å². The van der Waals surface area contributed by atoms with Crippen LogP contribution in [-0.4, -0.2) is 23.4 Å². The first kappa shape index (κ1) is 13.8. The third-order valence-corrected chi connectivity index (χ3v) is 3.44. The topological polar surface area (TPSA) is 46.3 Å². The molecule has 0 aliphatic heterocycles. The Morgan fingerprint density at radius 1 is 1.47 bits per heavy atom. The number of amides is 1. The molecule has 4 heteroatoms. The van der Waals surface area contributed by atoms with Crippen LogP contribution in [0, 0.1) is 11.7 Å². The van der Waals surface area contributed by atoms with Crippen molar-refractivity contribution in [3.63, 3.8) is 0 Å². The average molecular weight is 264 g/mol. The second kappa shape index (κ2) is 5.59. The molecule has 0 spiro atoms. The van der Waals surface area contributed by atoms with E-state index in [0.29, 0.717) is 17.5 Å². The highest BCUT2D eigenvalue weighted by Gasteiger charge is 2.32. The van der Waals surface area contributed by atoms with Crippen molar-refractivity contribution in [2.45, 2.75) is 39.2 Å². The molecule has 104 valence electrons. The van der Waals surface area contributed by atoms with Crippen LogP contribution >= 0.6 is 0 Å². The first-order valence-corrected chi connectivity index (χ1v) is 6.85. The van der Waals surface area contributed by atoms with Crippen molar-refractivity contribution in [2.75, 3.05) is 12.3 Å². The summed E-state index contributed by atoms with van der Waals surface area (Å²) in [4.78, 5) is 14.3. The Kier molecular flexibility index (Phi) is 4.08. The Bertz CT molecular complexity index is 469. The summed E-state index contributed by atoms with van der Waals surface area (Å²) in [5, 5.41) is 0. The van der Waals surface area contributed by atoms with Gasteiger partial charge in [-0.25, -0.2) is 4.39 Å². The first-order chi connectivity index (χ1) is 8.99. The van der Waals surface area contributed by atoms with Crippen LogP contribution in [0.3, 0.4) is 0 Å². The Morgan fingerprint density at radius 3 is 2.68 bits per heavy atom. The van der Waals surface area contributed by atoms with E-state index in [1.807, 2.05) is 4.90 Å². The normalized spacial score (nSPS) is 14.7. The van der Waals surface area contributed by atoms with Gasteiger partial charge in [-0.15, -0.1) is 0 Å². The number of carbonyl (C=O) groups is 1. The van der Waals surface area contributed by atoms with Crippen LogP contribution in [0.4, 0.5) is 10.1 Å². The Balaban J connectivity index is 2.12. The predicted molar refractivity (Wildman–Crippen MR) is 74.3 cm³/mol. The molecule has 0 radical (unpaired) electrons. The van der Waals surface area contributed by atoms with Crippen LogP contribution in [0.5, 0.6) is 0 Å². The van der Waals surface area contributed by atoms with Crippen LogP contribution in [0.1, 0.15) is 43.5 Å². The van der Waals surface area contributed by atoms with Crippen molar-refractivity contribution in [1.82, 2.24) is 4.90 Å². The zero-order valence-electron chi connectivity index (χ0n) is 11.5. The van der Waals surface area contributed by atoms with Gasteiger partial charge in [0, 0.05) is 18.2 Å². The van der Waals surface area contributed by atoms with E-state index in [1.54, 1.807) is 6.07 Å². The predicted octanol–water partition coefficient (Wildman–Crippen LogP) is 3.06. The summed E-state index contributed by atoms with van der Waals surface area (Å²) in [6.45, 7) is 5.02. The molecular weight excluding hydrogens is 243 g/mol. The number of nitrogens with zero attached hydrogens (tertiary/aromatic N) is 1. The van der Waals surface area contributed by atoms with Crippen molar-refractivity contribution >= 4 is 11.6 Å². The fourth-order valence-electron chi connectivity index (χ4n) is 2.06. The second-order valence-corrected chi connectivity index (χ2v) is 5.65. The number of nitrogens with two attached hydrogens (primary N) is 1. The maximum absolute atomic E-state index is 13.4. The van der Waals surface area contributed by atoms with Gasteiger partial charge in [0.2, 0.25) is 0 Å². The third kappa shape index (κ3) is 3.46. The minimum absolute atomic E-state index is 0.0803. The molecule has 2 rings (SSSR count). The molecule has 1 aliphatic carbocycles. The molecule has 1 aromatic rings. The van der Waals surface area contributed by atoms with Gasteiger partial charge in [0.25, 0.3) is 5.91 Å². The summed E-state index contributed by atoms with van der Waals surface area (Å²) in [6, 6.07) is 4.64. The number of halogens is 1. The van der Waals surface area contributed by atoms with E-state index in [0.717, 1.165) is 25.8 Å². The molecule has 1 fully saturated rings. The summed E-state index contributed by atoms with van der Waals surface area (Å²) in [5.74, 6) is -0.0512. The number of rotatable bonds is 5. The van der Waals surface area contributed by atoms with E-state index in [2.05, 4.69) is 13.8 Å². The fourth-order valence-corrected chi connectivity index (χ4v) is 2.06. The molecular formula is C15H21FN2O. The number of hydrogen-bond donors (Lipinski definition) is 1. The molecule has 0 unspecified atom stereocenters. The maximum Gasteiger partial charge on any atom is 0.254 e. The molecule has 1 amide bonds. The standard InChI is InChI=1S/C15H21FN2O/c1-10(2)7-8-18(12-4-5-12)15(19)11-3-6-14(17)13(16)9-11/h3,6,9-10,12H,4-5,7-8,17H2,1-2H3. The Labute approximate surface area is 113 Å². The minimum atomic E-state index is -0.523. The van der Waals surface area contributed by atoms with Crippen molar-refractivity contribution < 1.29 is 9.18 Å². The van der Waals surface area contributed by atoms with Crippen molar-refractivity contribution in [3.8, 4) is 0 Å². The van der Waals surface area contributed by atoms with Gasteiger partial charge in [-0.2, -0.15) is 0 Å². The zero-order valence-corrected chi connectivity index (χ0v) is 11.5. The highest BCUT2D eigenvalue weighted by molar-refractivity contribution is 5.95. The number of benzene rings is 1. The van der Waals surface area contributed by atoms with E-state index >= 15 is 0 Å². The molecule has 3 nitrogen and oxygen atoms in total. The van der Waals surface area contributed by atoms with E-state index in [-0.39, 0.29) is 11.6 Å². The number of hydrogen-bond acceptors (Lipinski definition) is 2. The summed E-state index contributed by atoms with van der Waals surface area (Å²) in [6.07, 6.45) is 3.09. The Morgan fingerprint density at radius 2 is 2.16 bits per heavy atom. The van der Waals surface area contributed by atoms with Gasteiger partial charge in [0.15, 0.2) is 0 Å². The summed E-state index contributed by atoms with van der Waals surface area (Å²) in [7, 11) is 0. The van der Waals surface area contributed by atoms with E-state index in [9.17, 15) is 9.18 Å². The van der Waals surface area contributed by atoms with Gasteiger partial charge < -0.3 is 10.6 Å². The van der Waals surface area contributed by atoms with Gasteiger partial charge in [0.1, 0.15) is 5.82 Å². The maximum atomic E-state index is 13.4. The van der Waals surface area contributed by atoms with E-state index in [4.69, 9.17) is 5.73 Å². The largest absolute Gasteiger partial charge is 0.396 e. The molecule has 1 aromatic carbocycles. The van der Waals surface area contributed by atoms with E-state index in [1.165, 1.54) is 12.1 Å². The van der Waals surface area contributed by atoms with Gasteiger partial charge in [-0.1, -0.05) is 13.8 Å². The molecule has 1 aliphatic rings. The molecule has 1 saturated carbocycles. The number of nitrogen functional groups attached to an aromatic ring is 1. The molecule has 0 heterocycles. The molecule has 0 saturated heterocycles. The van der Waals surface area contributed by atoms with Crippen molar-refractivity contribution in [2.24, 2.45) is 5.92 Å². The van der Waals surface area contributed by atoms with Crippen molar-refractivity contribution in [1.29, 1.82) is 0 Å². The Hall–Kier alpha value is -1.58. The van der Waals surface area contributed by atoms with Crippen LogP contribution < -0.4 is 5.73 Å². The monoisotopic (exact) mass is 264 g/mol. The lowest BCUT2D eigenvalue weighted by Gasteiger charge is -2.23. The number of carbonyl (C=O) groups excluding carboxylic acids is 1. The molecule has 0 atom stereocenters. The highest BCUT2D eigenvalue weighted by atomic mass is 19.1. The smallest absolute Gasteiger partial charge is 0.254 e. The van der Waals surface area contributed by atoms with Crippen LogP contribution in [0.2, 0.25) is 0 Å². The molecule has 0 aromatic heterocycles. The first-order valence-electron chi connectivity index (χ1n) is 6.85. The van der Waals surface area contributed by atoms with Crippen LogP contribution in [-0.2, 0) is 0 Å². The van der Waals surface area contributed by atoms with Gasteiger partial charge in [-0.3, -0.25) is 4.79 Å². The van der Waals surface area contributed by atoms with E-state index < -0.39 is 5.82 Å². The lowest BCUT2D eigenvalue weighted by molar-refractivity contribution is 0.0735. The third-order valence-electron chi connectivity index (χ3n) is 3.44. The summed E-state index contributed by atoms with van der Waals surface area (Å²) >= 11 is 0. The summed E-state index contributed by atoms with van der Waals surface area (Å²) in [5.41, 5.74) is 5.91. The fraction of sp³-hybridized carbons (Fsp3) is 0.533. The van der Waals surface area contributed by atoms with Gasteiger partial charge in [0.05, 0.1) is 5.69 Å². The molecule has 19 heavy (non-hydrogen) atoms. The average Bonchev–Trinajstić information content (AvgIpc) is 3.16. The van der Waals surface area contributed by atoms with Crippen LogP contribution in [0.15, 0.2) is 18.2 Å². The number of anilines is 1. The lowest BCUT2D eigenvalue weighted by atomic mass is 10.1. The summed E-state index contributed by atoms with van der Waals surface area (Å²) < 4.78 is 13.4. The molecule has 0 bridgehead atoms. The van der Waals surface area contributed by atoms with Crippen LogP contribution in [0.25, 0.3) is 0 Å². The zero-order chi connectivity index (χ0) is 14.0. The van der Waals surface area contributed by atoms with Gasteiger partial charge >= 0.3 is 0 Å². The second-order valence-electron chi connectivity index (χ2n) is 5.65. The highest BCUT2D eigenvalue weighted by Crippen LogP contribution is 2.29. The lowest BCUT2D eigenvalue weighted by Crippen LogP contribution is -2.34. The quantitative estimate of drug-likeness (QED) is 0.831. The SMILES string of the molecule is CC(C)CCN(C(=O)c1ccc(N)c(F)c1)C1CC1.